The molecule has 0 saturated carbocycles. The van der Waals surface area contributed by atoms with Crippen LogP contribution in [0.15, 0.2) is 4.47 Å². The first-order chi connectivity index (χ1) is 4.37. The van der Waals surface area contributed by atoms with E-state index < -0.39 is 14.5 Å². The summed E-state index contributed by atoms with van der Waals surface area (Å²) >= 11 is 0. The summed E-state index contributed by atoms with van der Waals surface area (Å²) in [6, 6.07) is 1.88. The van der Waals surface area contributed by atoms with Crippen LogP contribution in [-0.4, -0.2) is 15.2 Å². The Morgan fingerprint density at radius 3 is 2.20 bits per heavy atom. The first-order valence-electron chi connectivity index (χ1n) is 2.69. The quantitative estimate of drug-likeness (QED) is 0.442. The average Bonchev–Trinajstić information content (AvgIpc) is 1.88. The molecular formula is C5H11N3OS. The fraction of sp³-hybridized carbons (Fsp3) is 0.800. The van der Waals surface area contributed by atoms with Crippen molar-refractivity contribution < 1.29 is 4.21 Å². The van der Waals surface area contributed by atoms with Gasteiger partial charge in [0.1, 0.15) is 4.75 Å². The normalized spacial score (nSPS) is 17.1. The van der Waals surface area contributed by atoms with Crippen LogP contribution in [-0.2, 0) is 9.73 Å². The summed E-state index contributed by atoms with van der Waals surface area (Å²) in [5.74, 6) is 4.87. The Morgan fingerprint density at radius 2 is 2.10 bits per heavy atom. The molecule has 0 spiro atoms. The van der Waals surface area contributed by atoms with Crippen LogP contribution in [0, 0.1) is 11.3 Å². The lowest BCUT2D eigenvalue weighted by Gasteiger charge is -2.15. The van der Waals surface area contributed by atoms with E-state index in [0.717, 1.165) is 0 Å². The Labute approximate surface area is 61.2 Å². The molecule has 58 valence electrons. The average molecular weight is 161 g/mol. The van der Waals surface area contributed by atoms with Crippen molar-refractivity contribution in [1.29, 1.82) is 5.26 Å². The predicted octanol–water partition coefficient (Wildman–Crippen LogP) is 0.260. The lowest BCUT2D eigenvalue weighted by atomic mass is 10.2. The minimum atomic E-state index is -2.56. The Morgan fingerprint density at radius 1 is 1.70 bits per heavy atom. The van der Waals surface area contributed by atoms with Gasteiger partial charge in [0.25, 0.3) is 0 Å². The van der Waals surface area contributed by atoms with Gasteiger partial charge in [-0.05, 0) is 13.8 Å². The number of hydrogen-bond donors (Lipinski definition) is 1. The summed E-state index contributed by atoms with van der Waals surface area (Å²) in [5, 5.41) is 8.52. The number of nitrogens with two attached hydrogens (primary N) is 1. The van der Waals surface area contributed by atoms with E-state index in [0.29, 0.717) is 0 Å². The highest BCUT2D eigenvalue weighted by Crippen LogP contribution is 2.14. The van der Waals surface area contributed by atoms with E-state index in [9.17, 15) is 4.21 Å². The predicted molar refractivity (Wildman–Crippen MR) is 40.4 cm³/mol. The summed E-state index contributed by atoms with van der Waals surface area (Å²) in [6.07, 6.45) is 1.37. The number of rotatable bonds is 1. The molecule has 0 heterocycles. The van der Waals surface area contributed by atoms with Gasteiger partial charge in [-0.2, -0.15) is 9.73 Å². The van der Waals surface area contributed by atoms with Crippen molar-refractivity contribution in [3.63, 3.8) is 0 Å². The molecule has 0 saturated heterocycles. The highest BCUT2D eigenvalue weighted by Gasteiger charge is 2.27. The molecule has 4 nitrogen and oxygen atoms in total. The van der Waals surface area contributed by atoms with Gasteiger partial charge >= 0.3 is 0 Å². The van der Waals surface area contributed by atoms with Crippen LogP contribution >= 0.6 is 0 Å². The van der Waals surface area contributed by atoms with Crippen molar-refractivity contribution in [2.75, 3.05) is 6.26 Å². The summed E-state index contributed by atoms with van der Waals surface area (Å²) < 4.78 is 13.5. The summed E-state index contributed by atoms with van der Waals surface area (Å²) in [7, 11) is -2.56. The summed E-state index contributed by atoms with van der Waals surface area (Å²) in [4.78, 5) is 0. The number of nitriles is 1. The van der Waals surface area contributed by atoms with E-state index in [1.54, 1.807) is 13.8 Å². The molecule has 0 aromatic rings. The molecule has 0 aromatic carbocycles. The van der Waals surface area contributed by atoms with Crippen molar-refractivity contribution >= 4 is 9.73 Å². The third-order valence-electron chi connectivity index (χ3n) is 1.42. The van der Waals surface area contributed by atoms with Gasteiger partial charge in [0.2, 0.25) is 0 Å². The topological polar surface area (TPSA) is 79.2 Å². The van der Waals surface area contributed by atoms with E-state index in [1.807, 2.05) is 6.07 Å². The van der Waals surface area contributed by atoms with Crippen LogP contribution in [0.25, 0.3) is 0 Å². The fourth-order valence-electron chi connectivity index (χ4n) is 0.216. The van der Waals surface area contributed by atoms with Gasteiger partial charge in [-0.3, -0.25) is 0 Å². The lowest BCUT2D eigenvalue weighted by Crippen LogP contribution is -2.29. The molecule has 1 unspecified atom stereocenters. The molecule has 10 heavy (non-hydrogen) atoms. The molecule has 0 amide bonds. The van der Waals surface area contributed by atoms with Crippen LogP contribution in [0.1, 0.15) is 13.8 Å². The van der Waals surface area contributed by atoms with Gasteiger partial charge in [-0.1, -0.05) is 0 Å². The third kappa shape index (κ3) is 1.46. The standard InChI is InChI=1S/C5H11N3OS/c1-5(2,4-6)10(3,9)8-7/h7H2,1-3H3. The SMILES string of the molecule is CC(C)(C#N)S(C)(=O)=NN. The molecule has 5 heteroatoms. The molecule has 0 aromatic heterocycles. The van der Waals surface area contributed by atoms with Crippen LogP contribution < -0.4 is 5.84 Å². The van der Waals surface area contributed by atoms with Gasteiger partial charge < -0.3 is 0 Å². The second-order valence-corrected chi connectivity index (χ2v) is 5.37. The fourth-order valence-corrected chi connectivity index (χ4v) is 0.649. The second kappa shape index (κ2) is 2.56. The van der Waals surface area contributed by atoms with Gasteiger partial charge in [0.05, 0.1) is 15.8 Å². The van der Waals surface area contributed by atoms with Crippen LogP contribution in [0.4, 0.5) is 0 Å². The molecule has 0 fully saturated rings. The smallest absolute Gasteiger partial charge is 0.136 e. The van der Waals surface area contributed by atoms with Crippen LogP contribution in [0.3, 0.4) is 0 Å². The zero-order chi connectivity index (χ0) is 8.41. The summed E-state index contributed by atoms with van der Waals surface area (Å²) in [6.45, 7) is 3.09. The van der Waals surface area contributed by atoms with E-state index in [-0.39, 0.29) is 0 Å². The highest BCUT2D eigenvalue weighted by molar-refractivity contribution is 7.94. The van der Waals surface area contributed by atoms with Crippen molar-refractivity contribution in [3.05, 3.63) is 0 Å². The minimum Gasteiger partial charge on any atom is -0.247 e. The third-order valence-corrected chi connectivity index (χ3v) is 3.80. The van der Waals surface area contributed by atoms with E-state index >= 15 is 0 Å². The molecule has 0 rings (SSSR count). The molecule has 0 aliphatic heterocycles. The molecular weight excluding hydrogens is 150 g/mol. The largest absolute Gasteiger partial charge is 0.247 e. The van der Waals surface area contributed by atoms with Gasteiger partial charge in [0.15, 0.2) is 0 Å². The van der Waals surface area contributed by atoms with Gasteiger partial charge in [-0.15, -0.1) is 0 Å². The first-order valence-corrected chi connectivity index (χ1v) is 4.62. The van der Waals surface area contributed by atoms with Crippen molar-refractivity contribution in [1.82, 2.24) is 0 Å². The molecule has 0 aliphatic rings. The van der Waals surface area contributed by atoms with E-state index in [2.05, 4.69) is 4.47 Å². The second-order valence-electron chi connectivity index (χ2n) is 2.53. The van der Waals surface area contributed by atoms with Crippen LogP contribution in [0.5, 0.6) is 0 Å². The monoisotopic (exact) mass is 161 g/mol. The number of hydrogen-bond acceptors (Lipinski definition) is 3. The maximum atomic E-state index is 11.3. The highest BCUT2D eigenvalue weighted by atomic mass is 32.2. The maximum Gasteiger partial charge on any atom is 0.136 e. The summed E-state index contributed by atoms with van der Waals surface area (Å²) in [5.41, 5.74) is 0. The van der Waals surface area contributed by atoms with E-state index in [4.69, 9.17) is 11.1 Å². The molecule has 1 atom stereocenters. The molecule has 0 aliphatic carbocycles. The zero-order valence-electron chi connectivity index (χ0n) is 6.29. The maximum absolute atomic E-state index is 11.3. The Kier molecular flexibility index (Phi) is 2.41. The van der Waals surface area contributed by atoms with Crippen LogP contribution in [0.2, 0.25) is 0 Å². The lowest BCUT2D eigenvalue weighted by molar-refractivity contribution is 0.660. The van der Waals surface area contributed by atoms with Crippen molar-refractivity contribution in [2.24, 2.45) is 10.3 Å². The van der Waals surface area contributed by atoms with Gasteiger partial charge in [0, 0.05) is 6.26 Å². The minimum absolute atomic E-state index is 0.970. The Balaban J connectivity index is 5.09. The molecule has 0 radical (unpaired) electrons. The van der Waals surface area contributed by atoms with Crippen molar-refractivity contribution in [2.45, 2.75) is 18.6 Å². The molecule has 2 N–H and O–H groups in total. The van der Waals surface area contributed by atoms with Gasteiger partial charge in [-0.25, -0.2) is 10.1 Å². The first kappa shape index (κ1) is 9.40. The van der Waals surface area contributed by atoms with E-state index in [1.165, 1.54) is 6.26 Å². The Hall–Kier alpha value is -0.600. The number of nitrogens with zero attached hydrogens (tertiary/aromatic N) is 2. The molecule has 0 bridgehead atoms. The zero-order valence-corrected chi connectivity index (χ0v) is 7.10. The Bertz CT molecular complexity index is 267. The van der Waals surface area contributed by atoms with Crippen molar-refractivity contribution in [3.8, 4) is 6.07 Å².